The minimum absolute atomic E-state index is 0.0327. The van der Waals surface area contributed by atoms with E-state index in [1.165, 1.54) is 5.56 Å². The van der Waals surface area contributed by atoms with Gasteiger partial charge in [0.05, 0.1) is 6.42 Å². The average molecular weight is 381 g/mol. The van der Waals surface area contributed by atoms with Crippen LogP contribution in [0.25, 0.3) is 0 Å². The number of benzene rings is 2. The molecule has 0 aliphatic carbocycles. The molecule has 2 aromatic carbocycles. The summed E-state index contributed by atoms with van der Waals surface area (Å²) in [6.45, 7) is 12.1. The maximum absolute atomic E-state index is 13.2. The van der Waals surface area contributed by atoms with Crippen LogP contribution in [-0.4, -0.2) is 28.8 Å². The molecule has 1 N–H and O–H groups in total. The van der Waals surface area contributed by atoms with E-state index in [1.54, 1.807) is 11.8 Å². The maximum atomic E-state index is 13.2. The van der Waals surface area contributed by atoms with Gasteiger partial charge in [0.2, 0.25) is 11.8 Å². The van der Waals surface area contributed by atoms with E-state index in [0.29, 0.717) is 13.0 Å². The average Bonchev–Trinajstić information content (AvgIpc) is 2.63. The van der Waals surface area contributed by atoms with Crippen LogP contribution in [0, 0.1) is 20.8 Å². The molecule has 0 saturated carbocycles. The van der Waals surface area contributed by atoms with Gasteiger partial charge in [0.25, 0.3) is 0 Å². The first kappa shape index (κ1) is 21.7. The first-order chi connectivity index (χ1) is 13.2. The molecule has 0 spiro atoms. The smallest absolute Gasteiger partial charge is 0.242 e. The molecular weight excluding hydrogens is 348 g/mol. The van der Waals surface area contributed by atoms with Crippen molar-refractivity contribution in [1.82, 2.24) is 10.2 Å². The van der Waals surface area contributed by atoms with Crippen molar-refractivity contribution >= 4 is 11.8 Å². The number of hydrogen-bond acceptors (Lipinski definition) is 2. The van der Waals surface area contributed by atoms with E-state index >= 15 is 0 Å². The van der Waals surface area contributed by atoms with Crippen LogP contribution < -0.4 is 5.32 Å². The SMILES string of the molecule is Cc1ccc(CN(C(=O)Cc2cc(C)ccc2C)C(C)C(=O)NC(C)C)cc1. The predicted molar refractivity (Wildman–Crippen MR) is 114 cm³/mol. The highest BCUT2D eigenvalue weighted by molar-refractivity contribution is 5.88. The third-order valence-corrected chi connectivity index (χ3v) is 4.92. The fourth-order valence-electron chi connectivity index (χ4n) is 3.13. The fourth-order valence-corrected chi connectivity index (χ4v) is 3.13. The Bertz CT molecular complexity index is 825. The van der Waals surface area contributed by atoms with Gasteiger partial charge in [0.1, 0.15) is 6.04 Å². The Morgan fingerprint density at radius 1 is 0.929 bits per heavy atom. The first-order valence-corrected chi connectivity index (χ1v) is 9.89. The molecule has 2 rings (SSSR count). The van der Waals surface area contributed by atoms with Crippen molar-refractivity contribution in [2.24, 2.45) is 0 Å². The number of rotatable bonds is 7. The second-order valence-electron chi connectivity index (χ2n) is 7.95. The van der Waals surface area contributed by atoms with Crippen molar-refractivity contribution in [3.05, 3.63) is 70.3 Å². The summed E-state index contributed by atoms with van der Waals surface area (Å²) < 4.78 is 0. The van der Waals surface area contributed by atoms with Gasteiger partial charge in [-0.25, -0.2) is 0 Å². The van der Waals surface area contributed by atoms with Crippen LogP contribution in [0.3, 0.4) is 0 Å². The van der Waals surface area contributed by atoms with E-state index in [0.717, 1.165) is 22.3 Å². The Morgan fingerprint density at radius 2 is 1.54 bits per heavy atom. The highest BCUT2D eigenvalue weighted by atomic mass is 16.2. The molecule has 2 amide bonds. The number of nitrogens with zero attached hydrogens (tertiary/aromatic N) is 1. The lowest BCUT2D eigenvalue weighted by atomic mass is 10.0. The van der Waals surface area contributed by atoms with E-state index in [1.807, 2.05) is 71.0 Å². The van der Waals surface area contributed by atoms with E-state index in [2.05, 4.69) is 11.4 Å². The summed E-state index contributed by atoms with van der Waals surface area (Å²) >= 11 is 0. The number of carbonyl (C=O) groups is 2. The van der Waals surface area contributed by atoms with Gasteiger partial charge < -0.3 is 10.2 Å². The van der Waals surface area contributed by atoms with Crippen LogP contribution >= 0.6 is 0 Å². The molecular formula is C24H32N2O2. The van der Waals surface area contributed by atoms with Gasteiger partial charge in [0.15, 0.2) is 0 Å². The summed E-state index contributed by atoms with van der Waals surface area (Å²) in [5.41, 5.74) is 5.42. The van der Waals surface area contributed by atoms with Gasteiger partial charge in [-0.2, -0.15) is 0 Å². The van der Waals surface area contributed by atoms with Gasteiger partial charge in [-0.05, 0) is 58.2 Å². The van der Waals surface area contributed by atoms with Crippen LogP contribution in [0.5, 0.6) is 0 Å². The van der Waals surface area contributed by atoms with E-state index in [9.17, 15) is 9.59 Å². The number of hydrogen-bond donors (Lipinski definition) is 1. The fraction of sp³-hybridized carbons (Fsp3) is 0.417. The Morgan fingerprint density at radius 3 is 2.14 bits per heavy atom. The highest BCUT2D eigenvalue weighted by Gasteiger charge is 2.26. The molecule has 1 unspecified atom stereocenters. The summed E-state index contributed by atoms with van der Waals surface area (Å²) in [6, 6.07) is 13.7. The highest BCUT2D eigenvalue weighted by Crippen LogP contribution is 2.16. The Kier molecular flexibility index (Phi) is 7.38. The van der Waals surface area contributed by atoms with E-state index in [-0.39, 0.29) is 17.9 Å². The summed E-state index contributed by atoms with van der Waals surface area (Å²) in [5.74, 6) is -0.169. The number of nitrogens with one attached hydrogen (secondary N) is 1. The standard InChI is InChI=1S/C24H32N2O2/c1-16(2)25-24(28)20(6)26(15-21-11-8-17(3)9-12-21)23(27)14-22-13-18(4)7-10-19(22)5/h7-13,16,20H,14-15H2,1-6H3,(H,25,28). The Hall–Kier alpha value is -2.62. The molecule has 0 heterocycles. The lowest BCUT2D eigenvalue weighted by Gasteiger charge is -2.29. The summed E-state index contributed by atoms with van der Waals surface area (Å²) in [5, 5.41) is 2.92. The van der Waals surface area contributed by atoms with Gasteiger partial charge in [-0.3, -0.25) is 9.59 Å². The van der Waals surface area contributed by atoms with Crippen molar-refractivity contribution in [2.45, 2.75) is 66.6 Å². The zero-order valence-electron chi connectivity index (χ0n) is 17.9. The van der Waals surface area contributed by atoms with Crippen molar-refractivity contribution in [1.29, 1.82) is 0 Å². The first-order valence-electron chi connectivity index (χ1n) is 9.89. The minimum Gasteiger partial charge on any atom is -0.352 e. The molecule has 4 nitrogen and oxygen atoms in total. The lowest BCUT2D eigenvalue weighted by Crippen LogP contribution is -2.49. The minimum atomic E-state index is -0.540. The lowest BCUT2D eigenvalue weighted by molar-refractivity contribution is -0.140. The number of amides is 2. The normalized spacial score (nSPS) is 12.0. The molecule has 0 radical (unpaired) electrons. The number of aryl methyl sites for hydroxylation is 3. The van der Waals surface area contributed by atoms with Crippen LogP contribution in [0.15, 0.2) is 42.5 Å². The van der Waals surface area contributed by atoms with Crippen LogP contribution in [-0.2, 0) is 22.6 Å². The Labute approximate surface area is 169 Å². The Balaban J connectivity index is 2.27. The largest absolute Gasteiger partial charge is 0.352 e. The topological polar surface area (TPSA) is 49.4 Å². The summed E-state index contributed by atoms with van der Waals surface area (Å²) in [4.78, 5) is 27.5. The van der Waals surface area contributed by atoms with Crippen LogP contribution in [0.4, 0.5) is 0 Å². The van der Waals surface area contributed by atoms with Crippen molar-refractivity contribution in [2.75, 3.05) is 0 Å². The van der Waals surface area contributed by atoms with E-state index < -0.39 is 6.04 Å². The van der Waals surface area contributed by atoms with Gasteiger partial charge in [-0.15, -0.1) is 0 Å². The molecule has 28 heavy (non-hydrogen) atoms. The van der Waals surface area contributed by atoms with Crippen molar-refractivity contribution in [3.63, 3.8) is 0 Å². The maximum Gasteiger partial charge on any atom is 0.242 e. The molecule has 1 atom stereocenters. The van der Waals surface area contributed by atoms with Crippen LogP contribution in [0.1, 0.15) is 48.6 Å². The van der Waals surface area contributed by atoms with Crippen molar-refractivity contribution < 1.29 is 9.59 Å². The van der Waals surface area contributed by atoms with E-state index in [4.69, 9.17) is 0 Å². The summed E-state index contributed by atoms with van der Waals surface area (Å²) in [7, 11) is 0. The monoisotopic (exact) mass is 380 g/mol. The zero-order valence-corrected chi connectivity index (χ0v) is 17.9. The summed E-state index contributed by atoms with van der Waals surface area (Å²) in [6.07, 6.45) is 0.290. The molecule has 0 fully saturated rings. The van der Waals surface area contributed by atoms with Crippen LogP contribution in [0.2, 0.25) is 0 Å². The second-order valence-corrected chi connectivity index (χ2v) is 7.95. The molecule has 0 bridgehead atoms. The predicted octanol–water partition coefficient (Wildman–Crippen LogP) is 4.10. The second kappa shape index (κ2) is 9.54. The molecule has 4 heteroatoms. The molecule has 2 aromatic rings. The third-order valence-electron chi connectivity index (χ3n) is 4.92. The number of carbonyl (C=O) groups excluding carboxylic acids is 2. The van der Waals surface area contributed by atoms with Gasteiger partial charge in [-0.1, -0.05) is 53.6 Å². The van der Waals surface area contributed by atoms with Crippen molar-refractivity contribution in [3.8, 4) is 0 Å². The molecule has 0 aliphatic rings. The zero-order chi connectivity index (χ0) is 20.8. The van der Waals surface area contributed by atoms with Gasteiger partial charge in [0, 0.05) is 12.6 Å². The molecule has 0 saturated heterocycles. The molecule has 150 valence electrons. The molecule has 0 aliphatic heterocycles. The van der Waals surface area contributed by atoms with Gasteiger partial charge >= 0.3 is 0 Å². The molecule has 0 aromatic heterocycles. The third kappa shape index (κ3) is 5.95. The quantitative estimate of drug-likeness (QED) is 0.786.